The first-order valence-corrected chi connectivity index (χ1v) is 11.8. The molecule has 0 fully saturated rings. The highest BCUT2D eigenvalue weighted by Crippen LogP contribution is 2.41. The second-order valence-electron chi connectivity index (χ2n) is 8.53. The lowest BCUT2D eigenvalue weighted by molar-refractivity contribution is -0.113. The molecule has 7 heteroatoms. The average Bonchev–Trinajstić information content (AvgIpc) is 3.23. The van der Waals surface area contributed by atoms with E-state index in [1.165, 1.54) is 5.56 Å². The number of hydrogen-bond donors (Lipinski definition) is 3. The lowest BCUT2D eigenvalue weighted by Gasteiger charge is -2.31. The van der Waals surface area contributed by atoms with Crippen molar-refractivity contribution in [1.29, 1.82) is 0 Å². The first kappa shape index (κ1) is 22.5. The quantitative estimate of drug-likeness (QED) is 0.341. The number of para-hydroxylation sites is 2. The van der Waals surface area contributed by atoms with E-state index < -0.39 is 6.04 Å². The molecule has 0 aliphatic carbocycles. The summed E-state index contributed by atoms with van der Waals surface area (Å²) in [6, 6.07) is 20.5. The molecule has 0 saturated carbocycles. The highest BCUT2D eigenvalue weighted by molar-refractivity contribution is 6.06. The number of amides is 1. The van der Waals surface area contributed by atoms with Crippen LogP contribution in [0.2, 0.25) is 0 Å². The lowest BCUT2D eigenvalue weighted by atomic mass is 9.94. The van der Waals surface area contributed by atoms with Gasteiger partial charge in [-0.1, -0.05) is 37.3 Å². The third kappa shape index (κ3) is 4.10. The number of rotatable bonds is 6. The Labute approximate surface area is 204 Å². The minimum atomic E-state index is -0.478. The van der Waals surface area contributed by atoms with Gasteiger partial charge in [0.15, 0.2) is 11.5 Å². The molecule has 1 amide bonds. The van der Waals surface area contributed by atoms with Crippen molar-refractivity contribution in [3.63, 3.8) is 0 Å². The number of fused-ring (bicyclic) bond motifs is 3. The standard InChI is InChI=1S/C28H28N4O3/c1-4-18-10-13-20(14-11-18)30-27(34)25-17(3)29-28-31-21-8-6-7-9-22(21)32(28)26(25)19-12-15-23(33)24(16-19)35-5-2/h6-16,26,33H,4-5H2,1-3H3,(H,29,31)(H,30,34)/t26-/m1/s1. The van der Waals surface area contributed by atoms with Gasteiger partial charge in [-0.3, -0.25) is 9.36 Å². The van der Waals surface area contributed by atoms with Crippen LogP contribution < -0.4 is 15.4 Å². The zero-order chi connectivity index (χ0) is 24.5. The van der Waals surface area contributed by atoms with Gasteiger partial charge in [0.1, 0.15) is 0 Å². The second kappa shape index (κ2) is 9.18. The summed E-state index contributed by atoms with van der Waals surface area (Å²) in [6.07, 6.45) is 0.935. The lowest BCUT2D eigenvalue weighted by Crippen LogP contribution is -2.31. The van der Waals surface area contributed by atoms with E-state index in [9.17, 15) is 9.90 Å². The maximum Gasteiger partial charge on any atom is 0.255 e. The molecule has 7 nitrogen and oxygen atoms in total. The number of nitrogens with one attached hydrogen (secondary N) is 2. The number of benzene rings is 3. The van der Waals surface area contributed by atoms with Crippen molar-refractivity contribution in [2.45, 2.75) is 33.2 Å². The Kier molecular flexibility index (Phi) is 5.91. The molecule has 0 bridgehead atoms. The van der Waals surface area contributed by atoms with Crippen LogP contribution in [0.25, 0.3) is 11.0 Å². The third-order valence-corrected chi connectivity index (χ3v) is 6.29. The van der Waals surface area contributed by atoms with Crippen LogP contribution in [0.3, 0.4) is 0 Å². The van der Waals surface area contributed by atoms with Gasteiger partial charge in [-0.25, -0.2) is 4.98 Å². The molecule has 4 aromatic rings. The van der Waals surface area contributed by atoms with Gasteiger partial charge in [0.05, 0.1) is 29.3 Å². The monoisotopic (exact) mass is 468 g/mol. The number of nitrogens with zero attached hydrogens (tertiary/aromatic N) is 2. The number of phenols is 1. The summed E-state index contributed by atoms with van der Waals surface area (Å²) >= 11 is 0. The minimum Gasteiger partial charge on any atom is -0.504 e. The van der Waals surface area contributed by atoms with Crippen molar-refractivity contribution in [3.8, 4) is 11.5 Å². The fourth-order valence-electron chi connectivity index (χ4n) is 4.57. The molecule has 5 rings (SSSR count). The van der Waals surface area contributed by atoms with E-state index in [1.54, 1.807) is 12.1 Å². The number of carbonyl (C=O) groups excluding carboxylic acids is 1. The number of aromatic hydroxyl groups is 1. The third-order valence-electron chi connectivity index (χ3n) is 6.29. The number of ether oxygens (including phenoxy) is 1. The number of phenolic OH excluding ortho intramolecular Hbond substituents is 1. The Hall–Kier alpha value is -4.26. The molecule has 1 atom stereocenters. The molecule has 1 aliphatic heterocycles. The van der Waals surface area contributed by atoms with Gasteiger partial charge < -0.3 is 20.5 Å². The van der Waals surface area contributed by atoms with Gasteiger partial charge in [-0.05, 0) is 67.8 Å². The van der Waals surface area contributed by atoms with E-state index in [0.717, 1.165) is 28.7 Å². The number of anilines is 2. The Morgan fingerprint density at radius 1 is 1.11 bits per heavy atom. The maximum atomic E-state index is 13.7. The topological polar surface area (TPSA) is 88.4 Å². The molecule has 178 valence electrons. The largest absolute Gasteiger partial charge is 0.504 e. The summed E-state index contributed by atoms with van der Waals surface area (Å²) in [7, 11) is 0. The van der Waals surface area contributed by atoms with Crippen LogP contribution in [0.5, 0.6) is 11.5 Å². The smallest absolute Gasteiger partial charge is 0.255 e. The second-order valence-corrected chi connectivity index (χ2v) is 8.53. The van der Waals surface area contributed by atoms with Crippen LogP contribution >= 0.6 is 0 Å². The van der Waals surface area contributed by atoms with Gasteiger partial charge in [0.2, 0.25) is 5.95 Å². The van der Waals surface area contributed by atoms with Crippen LogP contribution in [0.15, 0.2) is 78.0 Å². The Morgan fingerprint density at radius 3 is 2.63 bits per heavy atom. The van der Waals surface area contributed by atoms with Crippen molar-refractivity contribution in [1.82, 2.24) is 9.55 Å². The number of aromatic nitrogens is 2. The first-order chi connectivity index (χ1) is 17.0. The van der Waals surface area contributed by atoms with Crippen LogP contribution in [0, 0.1) is 0 Å². The number of hydrogen-bond acceptors (Lipinski definition) is 5. The summed E-state index contributed by atoms with van der Waals surface area (Å²) in [5.74, 6) is 0.882. The predicted octanol–water partition coefficient (Wildman–Crippen LogP) is 5.63. The van der Waals surface area contributed by atoms with Crippen LogP contribution in [-0.4, -0.2) is 27.2 Å². The normalized spacial score (nSPS) is 15.0. The molecular formula is C28H28N4O3. The molecule has 35 heavy (non-hydrogen) atoms. The van der Waals surface area contributed by atoms with Crippen molar-refractivity contribution in [3.05, 3.63) is 89.1 Å². The number of carbonyl (C=O) groups is 1. The molecule has 0 saturated heterocycles. The first-order valence-electron chi connectivity index (χ1n) is 11.8. The van der Waals surface area contributed by atoms with Crippen molar-refractivity contribution < 1.29 is 14.6 Å². The van der Waals surface area contributed by atoms with Crippen molar-refractivity contribution in [2.24, 2.45) is 0 Å². The molecule has 1 aromatic heterocycles. The van der Waals surface area contributed by atoms with Gasteiger partial charge in [0, 0.05) is 11.4 Å². The fraction of sp³-hybridized carbons (Fsp3) is 0.214. The maximum absolute atomic E-state index is 13.7. The summed E-state index contributed by atoms with van der Waals surface area (Å²) in [6.45, 7) is 6.26. The number of aryl methyl sites for hydroxylation is 1. The van der Waals surface area contributed by atoms with Crippen LogP contribution in [-0.2, 0) is 11.2 Å². The van der Waals surface area contributed by atoms with Crippen molar-refractivity contribution in [2.75, 3.05) is 17.2 Å². The number of imidazole rings is 1. The van der Waals surface area contributed by atoms with E-state index >= 15 is 0 Å². The molecule has 0 radical (unpaired) electrons. The molecule has 2 heterocycles. The molecule has 3 N–H and O–H groups in total. The van der Waals surface area contributed by atoms with E-state index in [1.807, 2.05) is 73.0 Å². The summed E-state index contributed by atoms with van der Waals surface area (Å²) in [4.78, 5) is 18.5. The SMILES string of the molecule is CCOc1cc([C@@H]2C(C(=O)Nc3ccc(CC)cc3)=C(C)Nc3nc4ccccc4n32)ccc1O. The molecule has 1 aliphatic rings. The predicted molar refractivity (Wildman–Crippen MR) is 138 cm³/mol. The summed E-state index contributed by atoms with van der Waals surface area (Å²) in [5.41, 5.74) is 5.75. The minimum absolute atomic E-state index is 0.0583. The zero-order valence-electron chi connectivity index (χ0n) is 20.0. The van der Waals surface area contributed by atoms with E-state index in [0.29, 0.717) is 29.6 Å². The van der Waals surface area contributed by atoms with Gasteiger partial charge >= 0.3 is 0 Å². The Bertz CT molecular complexity index is 1440. The van der Waals surface area contributed by atoms with Gasteiger partial charge in [0.25, 0.3) is 5.91 Å². The van der Waals surface area contributed by atoms with Crippen molar-refractivity contribution >= 4 is 28.6 Å². The van der Waals surface area contributed by atoms with E-state index in [-0.39, 0.29) is 11.7 Å². The highest BCUT2D eigenvalue weighted by atomic mass is 16.5. The van der Waals surface area contributed by atoms with E-state index in [2.05, 4.69) is 17.6 Å². The average molecular weight is 469 g/mol. The fourth-order valence-corrected chi connectivity index (χ4v) is 4.57. The zero-order valence-corrected chi connectivity index (χ0v) is 20.0. The summed E-state index contributed by atoms with van der Waals surface area (Å²) < 4.78 is 7.69. The van der Waals surface area contributed by atoms with Crippen LogP contribution in [0.1, 0.15) is 37.9 Å². The number of allylic oxidation sites excluding steroid dienone is 1. The Morgan fingerprint density at radius 2 is 1.89 bits per heavy atom. The molecule has 0 spiro atoms. The summed E-state index contributed by atoms with van der Waals surface area (Å²) in [5, 5.41) is 16.7. The highest BCUT2D eigenvalue weighted by Gasteiger charge is 2.34. The van der Waals surface area contributed by atoms with E-state index in [4.69, 9.17) is 9.72 Å². The van der Waals surface area contributed by atoms with Gasteiger partial charge in [-0.15, -0.1) is 0 Å². The molecular weight excluding hydrogens is 440 g/mol. The van der Waals surface area contributed by atoms with Gasteiger partial charge in [-0.2, -0.15) is 0 Å². The Balaban J connectivity index is 1.64. The van der Waals surface area contributed by atoms with Crippen LogP contribution in [0.4, 0.5) is 11.6 Å². The molecule has 0 unspecified atom stereocenters. The molecule has 3 aromatic carbocycles.